The van der Waals surface area contributed by atoms with E-state index in [0.717, 1.165) is 5.56 Å². The molecule has 0 spiro atoms. The van der Waals surface area contributed by atoms with E-state index in [1.807, 2.05) is 24.3 Å². The van der Waals surface area contributed by atoms with Crippen LogP contribution in [0.1, 0.15) is 30.9 Å². The Bertz CT molecular complexity index is 314. The zero-order valence-corrected chi connectivity index (χ0v) is 7.99. The summed E-state index contributed by atoms with van der Waals surface area (Å²) < 4.78 is 0. The number of nitrogens with zero attached hydrogens (tertiary/aromatic N) is 1. The lowest BCUT2D eigenvalue weighted by Crippen LogP contribution is -1.90. The third kappa shape index (κ3) is 2.51. The maximum Gasteiger partial charge on any atom is 0.0494 e. The highest BCUT2D eigenvalue weighted by atomic mass is 14.9. The van der Waals surface area contributed by atoms with Crippen LogP contribution in [-0.2, 0) is 0 Å². The van der Waals surface area contributed by atoms with Gasteiger partial charge in [-0.1, -0.05) is 38.1 Å². The molecule has 0 aliphatic heterocycles. The Morgan fingerprint density at radius 3 is 2.62 bits per heavy atom. The molecule has 0 atom stereocenters. The van der Waals surface area contributed by atoms with Crippen LogP contribution < -0.4 is 0 Å². The minimum Gasteiger partial charge on any atom is -0.205 e. The molecular weight excluding hydrogens is 160 g/mol. The van der Waals surface area contributed by atoms with Crippen LogP contribution in [0.3, 0.4) is 0 Å². The molecule has 2 heteroatoms. The van der Waals surface area contributed by atoms with Crippen LogP contribution in [0.15, 0.2) is 35.6 Å². The van der Waals surface area contributed by atoms with Crippen molar-refractivity contribution in [1.82, 2.24) is 0 Å². The van der Waals surface area contributed by atoms with E-state index in [-0.39, 0.29) is 0 Å². The maximum absolute atomic E-state index is 6.67. The average Bonchev–Trinajstić information content (AvgIpc) is 2.15. The Hall–Kier alpha value is -1.44. The second-order valence-electron chi connectivity index (χ2n) is 3.23. The fourth-order valence-corrected chi connectivity index (χ4v) is 1.31. The molecule has 68 valence electrons. The molecule has 13 heavy (non-hydrogen) atoms. The monoisotopic (exact) mass is 174 g/mol. The van der Waals surface area contributed by atoms with E-state index in [2.05, 4.69) is 25.0 Å². The van der Waals surface area contributed by atoms with Gasteiger partial charge < -0.3 is 0 Å². The lowest BCUT2D eigenvalue weighted by molar-refractivity contribution is 0.864. The van der Waals surface area contributed by atoms with Crippen molar-refractivity contribution in [3.05, 3.63) is 41.6 Å². The van der Waals surface area contributed by atoms with Crippen LogP contribution >= 0.6 is 0 Å². The van der Waals surface area contributed by atoms with E-state index in [1.165, 1.54) is 11.8 Å². The minimum atomic E-state index is 0.506. The molecule has 0 aliphatic rings. The van der Waals surface area contributed by atoms with Crippen molar-refractivity contribution in [3.8, 4) is 0 Å². The SMILES string of the molecule is CC(C)c1ccccc1/C=C\N=N. The van der Waals surface area contributed by atoms with Crippen molar-refractivity contribution in [2.45, 2.75) is 19.8 Å². The highest BCUT2D eigenvalue weighted by molar-refractivity contribution is 5.54. The summed E-state index contributed by atoms with van der Waals surface area (Å²) in [5.74, 6) is 0.506. The predicted molar refractivity (Wildman–Crippen MR) is 54.7 cm³/mol. The largest absolute Gasteiger partial charge is 0.205 e. The van der Waals surface area contributed by atoms with Crippen LogP contribution in [-0.4, -0.2) is 0 Å². The molecule has 1 aromatic carbocycles. The highest BCUT2D eigenvalue weighted by Crippen LogP contribution is 2.20. The zero-order chi connectivity index (χ0) is 9.68. The van der Waals surface area contributed by atoms with Gasteiger partial charge in [0.15, 0.2) is 0 Å². The minimum absolute atomic E-state index is 0.506. The van der Waals surface area contributed by atoms with Crippen LogP contribution in [0.5, 0.6) is 0 Å². The van der Waals surface area contributed by atoms with Gasteiger partial charge >= 0.3 is 0 Å². The lowest BCUT2D eigenvalue weighted by Gasteiger charge is -2.08. The summed E-state index contributed by atoms with van der Waals surface area (Å²) in [4.78, 5) is 0. The Kier molecular flexibility index (Phi) is 3.38. The van der Waals surface area contributed by atoms with E-state index in [4.69, 9.17) is 5.53 Å². The first-order chi connectivity index (χ1) is 6.25. The van der Waals surface area contributed by atoms with Crippen molar-refractivity contribution in [2.24, 2.45) is 5.11 Å². The molecule has 1 rings (SSSR count). The fourth-order valence-electron chi connectivity index (χ4n) is 1.31. The second kappa shape index (κ2) is 4.55. The topological polar surface area (TPSA) is 36.2 Å². The molecule has 1 aromatic rings. The van der Waals surface area contributed by atoms with Crippen molar-refractivity contribution in [2.75, 3.05) is 0 Å². The number of nitrogens with one attached hydrogen (secondary N) is 1. The molecular formula is C11H14N2. The molecule has 0 bridgehead atoms. The summed E-state index contributed by atoms with van der Waals surface area (Å²) in [5.41, 5.74) is 9.11. The molecule has 0 unspecified atom stereocenters. The summed E-state index contributed by atoms with van der Waals surface area (Å²) in [5, 5.41) is 3.20. The molecule has 0 aliphatic carbocycles. The first-order valence-electron chi connectivity index (χ1n) is 4.37. The summed E-state index contributed by atoms with van der Waals surface area (Å²) in [7, 11) is 0. The summed E-state index contributed by atoms with van der Waals surface area (Å²) in [6.07, 6.45) is 3.36. The zero-order valence-electron chi connectivity index (χ0n) is 7.99. The maximum atomic E-state index is 6.67. The first kappa shape index (κ1) is 9.65. The van der Waals surface area contributed by atoms with Crippen LogP contribution in [0.4, 0.5) is 0 Å². The van der Waals surface area contributed by atoms with E-state index in [1.54, 1.807) is 0 Å². The quantitative estimate of drug-likeness (QED) is 0.676. The van der Waals surface area contributed by atoms with E-state index < -0.39 is 0 Å². The number of benzene rings is 1. The Morgan fingerprint density at radius 1 is 1.31 bits per heavy atom. The molecule has 1 N–H and O–H groups in total. The normalized spacial score (nSPS) is 11.0. The highest BCUT2D eigenvalue weighted by Gasteiger charge is 2.01. The third-order valence-electron chi connectivity index (χ3n) is 1.95. The van der Waals surface area contributed by atoms with E-state index in [0.29, 0.717) is 5.92 Å². The van der Waals surface area contributed by atoms with Gasteiger partial charge in [0.2, 0.25) is 0 Å². The van der Waals surface area contributed by atoms with Crippen molar-refractivity contribution in [1.29, 1.82) is 5.53 Å². The van der Waals surface area contributed by atoms with Gasteiger partial charge in [-0.3, -0.25) is 0 Å². The van der Waals surface area contributed by atoms with Gasteiger partial charge in [0, 0.05) is 6.20 Å². The van der Waals surface area contributed by atoms with Crippen molar-refractivity contribution in [3.63, 3.8) is 0 Å². The number of rotatable bonds is 3. The Balaban J connectivity index is 3.04. The van der Waals surface area contributed by atoms with E-state index >= 15 is 0 Å². The molecule has 0 amide bonds. The molecule has 0 saturated carbocycles. The van der Waals surface area contributed by atoms with Gasteiger partial charge in [-0.2, -0.15) is 5.11 Å². The summed E-state index contributed by atoms with van der Waals surface area (Å²) in [6, 6.07) is 8.17. The molecule has 0 saturated heterocycles. The molecule has 0 aromatic heterocycles. The number of hydrogen-bond acceptors (Lipinski definition) is 2. The van der Waals surface area contributed by atoms with Crippen LogP contribution in [0.25, 0.3) is 6.08 Å². The van der Waals surface area contributed by atoms with Crippen molar-refractivity contribution >= 4 is 6.08 Å². The first-order valence-corrected chi connectivity index (χ1v) is 4.37. The van der Waals surface area contributed by atoms with Gasteiger partial charge in [-0.05, 0) is 23.1 Å². The van der Waals surface area contributed by atoms with E-state index in [9.17, 15) is 0 Å². The van der Waals surface area contributed by atoms with Crippen molar-refractivity contribution < 1.29 is 0 Å². The van der Waals surface area contributed by atoms with Gasteiger partial charge in [0.25, 0.3) is 0 Å². The second-order valence-corrected chi connectivity index (χ2v) is 3.23. The fraction of sp³-hybridized carbons (Fsp3) is 0.273. The lowest BCUT2D eigenvalue weighted by atomic mass is 9.97. The predicted octanol–water partition coefficient (Wildman–Crippen LogP) is 3.81. The molecule has 0 heterocycles. The molecule has 2 nitrogen and oxygen atoms in total. The summed E-state index contributed by atoms with van der Waals surface area (Å²) >= 11 is 0. The smallest absolute Gasteiger partial charge is 0.0494 e. The molecule has 0 fully saturated rings. The Labute approximate surface area is 78.8 Å². The molecule has 0 radical (unpaired) electrons. The van der Waals surface area contributed by atoms with Gasteiger partial charge in [0.1, 0.15) is 0 Å². The van der Waals surface area contributed by atoms with Gasteiger partial charge in [0.05, 0.1) is 0 Å². The third-order valence-corrected chi connectivity index (χ3v) is 1.95. The van der Waals surface area contributed by atoms with Crippen LogP contribution in [0, 0.1) is 5.53 Å². The van der Waals surface area contributed by atoms with Gasteiger partial charge in [-0.25, -0.2) is 5.53 Å². The average molecular weight is 174 g/mol. The Morgan fingerprint density at radius 2 is 2.00 bits per heavy atom. The number of hydrogen-bond donors (Lipinski definition) is 1. The standard InChI is InChI=1S/C11H14N2/c1-9(2)11-6-4-3-5-10(11)7-8-13-12/h3-9,12H,1-2H3/b8-7-,13-12?. The van der Waals surface area contributed by atoms with Crippen LogP contribution in [0.2, 0.25) is 0 Å². The van der Waals surface area contributed by atoms with Gasteiger partial charge in [-0.15, -0.1) is 0 Å². The summed E-state index contributed by atoms with van der Waals surface area (Å²) in [6.45, 7) is 4.31.